The van der Waals surface area contributed by atoms with Crippen LogP contribution in [0.3, 0.4) is 0 Å². The minimum absolute atomic E-state index is 1.01. The van der Waals surface area contributed by atoms with Gasteiger partial charge in [-0.2, -0.15) is 0 Å². The van der Waals surface area contributed by atoms with Gasteiger partial charge in [-0.3, -0.25) is 0 Å². The van der Waals surface area contributed by atoms with Gasteiger partial charge in [0.1, 0.15) is 0 Å². The molecule has 0 bridgehead atoms. The zero-order chi connectivity index (χ0) is 11.5. The van der Waals surface area contributed by atoms with Gasteiger partial charge in [0, 0.05) is 11.1 Å². The highest BCUT2D eigenvalue weighted by atomic mass is 16.3. The van der Waals surface area contributed by atoms with Crippen LogP contribution in [0, 0.1) is 6.26 Å². The van der Waals surface area contributed by atoms with Gasteiger partial charge in [-0.25, -0.2) is 0 Å². The van der Waals surface area contributed by atoms with Crippen molar-refractivity contribution < 1.29 is 4.42 Å². The molecule has 1 nitrogen and oxygen atoms in total. The molecule has 1 heteroatoms. The lowest BCUT2D eigenvalue weighted by Gasteiger charge is -2.02. The Morgan fingerprint density at radius 2 is 1.29 bits per heavy atom. The first-order valence-corrected chi connectivity index (χ1v) is 5.55. The number of hydrogen-bond acceptors (Lipinski definition) is 1. The van der Waals surface area contributed by atoms with E-state index in [9.17, 15) is 0 Å². The van der Waals surface area contributed by atoms with Crippen molar-refractivity contribution >= 4 is 0 Å². The molecular formula is C16H11O. The average Bonchev–Trinajstić information content (AvgIpc) is 2.90. The van der Waals surface area contributed by atoms with E-state index in [0.717, 1.165) is 22.3 Å². The molecule has 0 aliphatic carbocycles. The van der Waals surface area contributed by atoms with E-state index in [4.69, 9.17) is 4.42 Å². The Kier molecular flexibility index (Phi) is 2.51. The summed E-state index contributed by atoms with van der Waals surface area (Å²) in [6, 6.07) is 20.4. The first-order valence-electron chi connectivity index (χ1n) is 5.55. The largest absolute Gasteiger partial charge is 0.460 e. The highest BCUT2D eigenvalue weighted by molar-refractivity contribution is 5.81. The lowest BCUT2D eigenvalue weighted by molar-refractivity contribution is 0.560. The Morgan fingerprint density at radius 1 is 0.706 bits per heavy atom. The van der Waals surface area contributed by atoms with Crippen LogP contribution in [0.25, 0.3) is 22.3 Å². The third-order valence-corrected chi connectivity index (χ3v) is 2.75. The van der Waals surface area contributed by atoms with Crippen LogP contribution < -0.4 is 0 Å². The summed E-state index contributed by atoms with van der Waals surface area (Å²) in [4.78, 5) is 0. The van der Waals surface area contributed by atoms with Crippen molar-refractivity contribution in [2.75, 3.05) is 0 Å². The lowest BCUT2D eigenvalue weighted by Crippen LogP contribution is -1.79. The molecule has 0 atom stereocenters. The minimum atomic E-state index is 1.01. The number of hydrogen-bond donors (Lipinski definition) is 0. The zero-order valence-corrected chi connectivity index (χ0v) is 9.26. The fourth-order valence-electron chi connectivity index (χ4n) is 1.91. The molecule has 0 aliphatic heterocycles. The van der Waals surface area contributed by atoms with Gasteiger partial charge in [-0.1, -0.05) is 60.7 Å². The molecule has 0 fully saturated rings. The lowest BCUT2D eigenvalue weighted by atomic mass is 9.99. The zero-order valence-electron chi connectivity index (χ0n) is 9.26. The molecular weight excluding hydrogens is 208 g/mol. The van der Waals surface area contributed by atoms with Gasteiger partial charge < -0.3 is 4.42 Å². The molecule has 1 aromatic heterocycles. The normalized spacial score (nSPS) is 10.4. The number of benzene rings is 2. The highest BCUT2D eigenvalue weighted by Crippen LogP contribution is 2.32. The predicted octanol–water partition coefficient (Wildman–Crippen LogP) is 4.41. The Morgan fingerprint density at radius 3 is 1.94 bits per heavy atom. The molecule has 3 rings (SSSR count). The highest BCUT2D eigenvalue weighted by Gasteiger charge is 2.09. The van der Waals surface area contributed by atoms with Gasteiger partial charge in [-0.15, -0.1) is 0 Å². The molecule has 3 aromatic rings. The predicted molar refractivity (Wildman–Crippen MR) is 68.4 cm³/mol. The van der Waals surface area contributed by atoms with Crippen LogP contribution in [-0.4, -0.2) is 0 Å². The quantitative estimate of drug-likeness (QED) is 0.622. The summed E-state index contributed by atoms with van der Waals surface area (Å²) in [5.74, 6) is 0. The third-order valence-electron chi connectivity index (χ3n) is 2.75. The van der Waals surface area contributed by atoms with Crippen LogP contribution in [0.4, 0.5) is 0 Å². The van der Waals surface area contributed by atoms with Crippen LogP contribution in [0.1, 0.15) is 0 Å². The third kappa shape index (κ3) is 1.87. The van der Waals surface area contributed by atoms with Crippen molar-refractivity contribution in [2.24, 2.45) is 0 Å². The SMILES string of the molecule is [c]1occ(-c2ccccc2)c1-c1ccccc1. The molecule has 2 aromatic carbocycles. The van der Waals surface area contributed by atoms with Crippen LogP contribution >= 0.6 is 0 Å². The van der Waals surface area contributed by atoms with Crippen LogP contribution in [0.5, 0.6) is 0 Å². The molecule has 17 heavy (non-hydrogen) atoms. The summed E-state index contributed by atoms with van der Waals surface area (Å²) < 4.78 is 5.23. The van der Waals surface area contributed by atoms with E-state index in [1.807, 2.05) is 36.4 Å². The summed E-state index contributed by atoms with van der Waals surface area (Å²) >= 11 is 0. The Bertz CT molecular complexity index is 540. The summed E-state index contributed by atoms with van der Waals surface area (Å²) in [5, 5.41) is 0. The molecule has 0 amide bonds. The van der Waals surface area contributed by atoms with Gasteiger partial charge in [0.05, 0.1) is 6.26 Å². The van der Waals surface area contributed by atoms with Crippen molar-refractivity contribution in [3.8, 4) is 22.3 Å². The van der Waals surface area contributed by atoms with E-state index in [2.05, 4.69) is 30.5 Å². The van der Waals surface area contributed by atoms with Gasteiger partial charge in [0.2, 0.25) is 0 Å². The van der Waals surface area contributed by atoms with Gasteiger partial charge in [-0.05, 0) is 11.1 Å². The summed E-state index contributed by atoms with van der Waals surface area (Å²) in [5.41, 5.74) is 4.37. The van der Waals surface area contributed by atoms with E-state index in [-0.39, 0.29) is 0 Å². The average molecular weight is 219 g/mol. The fourth-order valence-corrected chi connectivity index (χ4v) is 1.91. The maximum absolute atomic E-state index is 5.23. The second kappa shape index (κ2) is 4.30. The second-order valence-electron chi connectivity index (χ2n) is 3.86. The standard InChI is InChI=1S/C16H11O/c1-3-7-13(8-4-1)15-11-17-12-16(15)14-9-5-2-6-10-14/h1-11H. The van der Waals surface area contributed by atoms with Gasteiger partial charge >= 0.3 is 0 Å². The fraction of sp³-hybridized carbons (Fsp3) is 0. The van der Waals surface area contributed by atoms with Gasteiger partial charge in [0.25, 0.3) is 0 Å². The monoisotopic (exact) mass is 219 g/mol. The maximum atomic E-state index is 5.23. The van der Waals surface area contributed by atoms with Crippen molar-refractivity contribution in [3.63, 3.8) is 0 Å². The van der Waals surface area contributed by atoms with E-state index in [1.165, 1.54) is 0 Å². The molecule has 1 heterocycles. The van der Waals surface area contributed by atoms with E-state index in [1.54, 1.807) is 6.26 Å². The first-order chi connectivity index (χ1) is 8.45. The number of furan rings is 1. The molecule has 0 N–H and O–H groups in total. The van der Waals surface area contributed by atoms with Crippen LogP contribution in [0.15, 0.2) is 71.3 Å². The molecule has 0 saturated carbocycles. The molecule has 1 radical (unpaired) electrons. The molecule has 0 unspecified atom stereocenters. The Balaban J connectivity index is 2.13. The van der Waals surface area contributed by atoms with Gasteiger partial charge in [0.15, 0.2) is 6.26 Å². The topological polar surface area (TPSA) is 13.1 Å². The van der Waals surface area contributed by atoms with E-state index in [0.29, 0.717) is 0 Å². The molecule has 81 valence electrons. The van der Waals surface area contributed by atoms with Crippen molar-refractivity contribution in [2.45, 2.75) is 0 Å². The smallest absolute Gasteiger partial charge is 0.178 e. The van der Waals surface area contributed by atoms with Crippen molar-refractivity contribution in [1.82, 2.24) is 0 Å². The minimum Gasteiger partial charge on any atom is -0.460 e. The Labute approximate surface area is 100 Å². The van der Waals surface area contributed by atoms with Crippen molar-refractivity contribution in [3.05, 3.63) is 73.2 Å². The van der Waals surface area contributed by atoms with Crippen LogP contribution in [0.2, 0.25) is 0 Å². The number of rotatable bonds is 2. The summed E-state index contributed by atoms with van der Waals surface area (Å²) in [6.45, 7) is 0. The van der Waals surface area contributed by atoms with Crippen molar-refractivity contribution in [1.29, 1.82) is 0 Å². The summed E-state index contributed by atoms with van der Waals surface area (Å²) in [7, 11) is 0. The summed E-state index contributed by atoms with van der Waals surface area (Å²) in [6.07, 6.45) is 4.69. The molecule has 0 saturated heterocycles. The molecule has 0 aliphatic rings. The molecule has 0 spiro atoms. The maximum Gasteiger partial charge on any atom is 0.178 e. The van der Waals surface area contributed by atoms with Crippen LogP contribution in [-0.2, 0) is 0 Å². The first kappa shape index (κ1) is 9.91. The second-order valence-corrected chi connectivity index (χ2v) is 3.86. The van der Waals surface area contributed by atoms with E-state index >= 15 is 0 Å². The Hall–Kier alpha value is -2.28. The van der Waals surface area contributed by atoms with E-state index < -0.39 is 0 Å².